The van der Waals surface area contributed by atoms with Gasteiger partial charge in [-0.3, -0.25) is 13.9 Å². The fraction of sp³-hybridized carbons (Fsp3) is 0.548. The van der Waals surface area contributed by atoms with E-state index in [4.69, 9.17) is 0 Å². The lowest BCUT2D eigenvalue weighted by Gasteiger charge is -2.33. The van der Waals surface area contributed by atoms with Crippen molar-refractivity contribution in [1.82, 2.24) is 10.2 Å². The molecule has 0 aliphatic heterocycles. The Labute approximate surface area is 235 Å². The quantitative estimate of drug-likeness (QED) is 0.361. The van der Waals surface area contributed by atoms with Gasteiger partial charge in [0.05, 0.1) is 11.9 Å². The molecule has 2 aromatic carbocycles. The minimum absolute atomic E-state index is 0.0971. The van der Waals surface area contributed by atoms with Crippen LogP contribution in [-0.2, 0) is 32.6 Å². The summed E-state index contributed by atoms with van der Waals surface area (Å²) in [5.41, 5.74) is 3.80. The normalized spacial score (nSPS) is 15.0. The summed E-state index contributed by atoms with van der Waals surface area (Å²) in [4.78, 5) is 28.8. The first-order chi connectivity index (χ1) is 18.6. The molecule has 214 valence electrons. The van der Waals surface area contributed by atoms with Gasteiger partial charge in [-0.2, -0.15) is 0 Å². The zero-order valence-electron chi connectivity index (χ0n) is 24.0. The van der Waals surface area contributed by atoms with Gasteiger partial charge >= 0.3 is 0 Å². The van der Waals surface area contributed by atoms with Gasteiger partial charge in [0.25, 0.3) is 0 Å². The Morgan fingerprint density at radius 1 is 1.00 bits per heavy atom. The lowest BCUT2D eigenvalue weighted by atomic mass is 9.95. The Kier molecular flexibility index (Phi) is 11.4. The first-order valence-corrected chi connectivity index (χ1v) is 16.2. The maximum absolute atomic E-state index is 13.7. The molecule has 1 aliphatic rings. The minimum Gasteiger partial charge on any atom is -0.352 e. The fourth-order valence-corrected chi connectivity index (χ4v) is 6.30. The smallest absolute Gasteiger partial charge is 0.243 e. The summed E-state index contributed by atoms with van der Waals surface area (Å²) in [5, 5.41) is 3.21. The number of nitrogens with zero attached hydrogens (tertiary/aromatic N) is 2. The second-order valence-electron chi connectivity index (χ2n) is 10.7. The summed E-state index contributed by atoms with van der Waals surface area (Å²) < 4.78 is 26.5. The van der Waals surface area contributed by atoms with Crippen LogP contribution in [0, 0.1) is 6.92 Å². The molecule has 1 saturated carbocycles. The Bertz CT molecular complexity index is 1190. The second kappa shape index (κ2) is 14.5. The third-order valence-electron chi connectivity index (χ3n) is 7.72. The number of amides is 2. The molecule has 39 heavy (non-hydrogen) atoms. The van der Waals surface area contributed by atoms with Crippen molar-refractivity contribution in [2.45, 2.75) is 97.2 Å². The van der Waals surface area contributed by atoms with Crippen molar-refractivity contribution in [2.75, 3.05) is 17.1 Å². The molecule has 0 spiro atoms. The van der Waals surface area contributed by atoms with Crippen LogP contribution >= 0.6 is 0 Å². The number of sulfonamides is 1. The number of benzene rings is 2. The van der Waals surface area contributed by atoms with Crippen molar-refractivity contribution in [3.8, 4) is 0 Å². The third-order valence-corrected chi connectivity index (χ3v) is 8.92. The Morgan fingerprint density at radius 3 is 2.26 bits per heavy atom. The number of rotatable bonds is 13. The first-order valence-electron chi connectivity index (χ1n) is 14.3. The van der Waals surface area contributed by atoms with Gasteiger partial charge in [-0.15, -0.1) is 0 Å². The summed E-state index contributed by atoms with van der Waals surface area (Å²) in [6.45, 7) is 6.54. The van der Waals surface area contributed by atoms with Gasteiger partial charge in [-0.25, -0.2) is 8.42 Å². The molecule has 3 rings (SSSR count). The highest BCUT2D eigenvalue weighted by Gasteiger charge is 2.30. The molecule has 8 heteroatoms. The predicted molar refractivity (Wildman–Crippen MR) is 158 cm³/mol. The number of carbonyl (C=O) groups is 2. The zero-order chi connectivity index (χ0) is 28.4. The molecule has 0 unspecified atom stereocenters. The van der Waals surface area contributed by atoms with Crippen LogP contribution in [0.1, 0.15) is 81.9 Å². The number of carbonyl (C=O) groups excluding carboxylic acids is 2. The molecule has 0 bridgehead atoms. The van der Waals surface area contributed by atoms with Gasteiger partial charge in [0.2, 0.25) is 21.8 Å². The van der Waals surface area contributed by atoms with Crippen molar-refractivity contribution >= 4 is 27.5 Å². The van der Waals surface area contributed by atoms with Crippen LogP contribution in [0.3, 0.4) is 0 Å². The minimum atomic E-state index is -3.52. The molecular formula is C31H45N3O4S. The van der Waals surface area contributed by atoms with Crippen LogP contribution in [0.25, 0.3) is 0 Å². The van der Waals surface area contributed by atoms with E-state index in [0.717, 1.165) is 48.8 Å². The highest BCUT2D eigenvalue weighted by Crippen LogP contribution is 2.22. The highest BCUT2D eigenvalue weighted by atomic mass is 32.2. The van der Waals surface area contributed by atoms with Gasteiger partial charge in [0.15, 0.2) is 0 Å². The molecule has 0 saturated heterocycles. The van der Waals surface area contributed by atoms with E-state index in [-0.39, 0.29) is 30.8 Å². The topological polar surface area (TPSA) is 86.8 Å². The molecule has 0 aromatic heterocycles. The van der Waals surface area contributed by atoms with Crippen LogP contribution in [0.2, 0.25) is 0 Å². The molecule has 1 aliphatic carbocycles. The van der Waals surface area contributed by atoms with E-state index in [2.05, 4.69) is 12.2 Å². The van der Waals surface area contributed by atoms with Gasteiger partial charge in [0, 0.05) is 25.6 Å². The Morgan fingerprint density at radius 2 is 1.67 bits per heavy atom. The second-order valence-corrected chi connectivity index (χ2v) is 12.6. The average molecular weight is 556 g/mol. The van der Waals surface area contributed by atoms with Crippen LogP contribution in [0.15, 0.2) is 48.5 Å². The number of hydrogen-bond acceptors (Lipinski definition) is 4. The maximum atomic E-state index is 13.7. The molecule has 7 nitrogen and oxygen atoms in total. The van der Waals surface area contributed by atoms with Crippen molar-refractivity contribution in [3.05, 3.63) is 65.2 Å². The lowest BCUT2D eigenvalue weighted by molar-refractivity contribution is -0.141. The number of hydrogen-bond donors (Lipinski definition) is 1. The van der Waals surface area contributed by atoms with Gasteiger partial charge in [0.1, 0.15) is 6.04 Å². The van der Waals surface area contributed by atoms with E-state index in [0.29, 0.717) is 25.1 Å². The van der Waals surface area contributed by atoms with E-state index < -0.39 is 16.1 Å². The number of nitrogens with one attached hydrogen (secondary N) is 1. The van der Waals surface area contributed by atoms with Crippen LogP contribution in [0.4, 0.5) is 5.69 Å². The monoisotopic (exact) mass is 555 g/mol. The lowest BCUT2D eigenvalue weighted by Crippen LogP contribution is -2.51. The Hall–Kier alpha value is -2.87. The van der Waals surface area contributed by atoms with E-state index >= 15 is 0 Å². The van der Waals surface area contributed by atoms with Crippen molar-refractivity contribution in [2.24, 2.45) is 0 Å². The maximum Gasteiger partial charge on any atom is 0.243 e. The SMILES string of the molecule is CCc1ccc(N(CCCC(=O)N(Cc2ccccc2C)[C@H](CC)C(=O)NC2CCCCC2)S(C)(=O)=O)cc1. The van der Waals surface area contributed by atoms with Crippen molar-refractivity contribution in [3.63, 3.8) is 0 Å². The van der Waals surface area contributed by atoms with Crippen LogP contribution < -0.4 is 9.62 Å². The first kappa shape index (κ1) is 30.7. The highest BCUT2D eigenvalue weighted by molar-refractivity contribution is 7.92. The van der Waals surface area contributed by atoms with Gasteiger partial charge < -0.3 is 10.2 Å². The molecule has 1 N–H and O–H groups in total. The largest absolute Gasteiger partial charge is 0.352 e. The average Bonchev–Trinajstić information content (AvgIpc) is 2.92. The van der Waals surface area contributed by atoms with Crippen molar-refractivity contribution in [1.29, 1.82) is 0 Å². The van der Waals surface area contributed by atoms with Gasteiger partial charge in [-0.1, -0.05) is 69.5 Å². The molecule has 0 radical (unpaired) electrons. The van der Waals surface area contributed by atoms with Gasteiger partial charge in [-0.05, 0) is 67.9 Å². The number of aryl methyl sites for hydroxylation is 2. The molecule has 0 heterocycles. The summed E-state index contributed by atoms with van der Waals surface area (Å²) in [6.07, 6.45) is 8.47. The van der Waals surface area contributed by atoms with Crippen LogP contribution in [0.5, 0.6) is 0 Å². The van der Waals surface area contributed by atoms with Crippen molar-refractivity contribution < 1.29 is 18.0 Å². The summed E-state index contributed by atoms with van der Waals surface area (Å²) in [7, 11) is -3.52. The predicted octanol–water partition coefficient (Wildman–Crippen LogP) is 5.36. The molecule has 1 atom stereocenters. The third kappa shape index (κ3) is 8.82. The number of anilines is 1. The van der Waals surface area contributed by atoms with E-state index in [1.54, 1.807) is 4.90 Å². The molecular weight excluding hydrogens is 510 g/mol. The fourth-order valence-electron chi connectivity index (χ4n) is 5.34. The molecule has 2 aromatic rings. The molecule has 2 amide bonds. The van der Waals surface area contributed by atoms with E-state index in [9.17, 15) is 18.0 Å². The Balaban J connectivity index is 1.75. The van der Waals surface area contributed by atoms with E-state index in [1.807, 2.05) is 62.4 Å². The van der Waals surface area contributed by atoms with E-state index in [1.165, 1.54) is 17.0 Å². The zero-order valence-corrected chi connectivity index (χ0v) is 24.8. The van der Waals surface area contributed by atoms with Crippen LogP contribution in [-0.4, -0.2) is 50.0 Å². The summed E-state index contributed by atoms with van der Waals surface area (Å²) >= 11 is 0. The molecule has 1 fully saturated rings. The summed E-state index contributed by atoms with van der Waals surface area (Å²) in [6, 6.07) is 15.0. The summed E-state index contributed by atoms with van der Waals surface area (Å²) in [5.74, 6) is -0.237. The standard InChI is InChI=1S/C31H45N3O4S/c1-5-25-18-20-28(21-19-25)34(39(4,37)38)22-12-17-30(35)33(23-26-14-11-10-13-24(26)3)29(6-2)31(36)32-27-15-8-7-9-16-27/h10-11,13-14,18-21,27,29H,5-9,12,15-17,22-23H2,1-4H3,(H,32,36)/t29-/m1/s1.